The molecule has 1 amide bonds. The van der Waals surface area contributed by atoms with Crippen molar-refractivity contribution >= 4 is 23.4 Å². The van der Waals surface area contributed by atoms with Crippen molar-refractivity contribution in [2.45, 2.75) is 41.7 Å². The molecule has 1 fully saturated rings. The summed E-state index contributed by atoms with van der Waals surface area (Å²) in [5, 5.41) is 3.06. The largest absolute Gasteiger partial charge is 0.497 e. The van der Waals surface area contributed by atoms with Crippen molar-refractivity contribution in [2.75, 3.05) is 12.4 Å². The van der Waals surface area contributed by atoms with Crippen LogP contribution < -0.4 is 10.1 Å². The number of hydrogen-bond acceptors (Lipinski definition) is 3. The molecular formula is C14H17NO2S. The fourth-order valence-corrected chi connectivity index (χ4v) is 4.18. The molecule has 0 radical (unpaired) electrons. The lowest BCUT2D eigenvalue weighted by molar-refractivity contribution is -0.119. The highest BCUT2D eigenvalue weighted by molar-refractivity contribution is 8.01. The van der Waals surface area contributed by atoms with Gasteiger partial charge < -0.3 is 10.1 Å². The van der Waals surface area contributed by atoms with E-state index in [1.54, 1.807) is 18.9 Å². The molecule has 0 aromatic heterocycles. The topological polar surface area (TPSA) is 38.3 Å². The predicted octanol–water partition coefficient (Wildman–Crippen LogP) is 3.44. The third-order valence-electron chi connectivity index (χ3n) is 3.82. The summed E-state index contributed by atoms with van der Waals surface area (Å²) in [5.41, 5.74) is 0.889. The molecule has 1 aromatic carbocycles. The summed E-state index contributed by atoms with van der Waals surface area (Å²) in [7, 11) is 1.64. The quantitative estimate of drug-likeness (QED) is 0.843. The fraction of sp³-hybridized carbons (Fsp3) is 0.500. The van der Waals surface area contributed by atoms with Gasteiger partial charge in [0.1, 0.15) is 5.75 Å². The standard InChI is InChI=1S/C14H17NO2S/c1-17-10-5-6-12-11(9-10)15-13(16)14(18-12)7-3-2-4-8-14/h5-6,9H,2-4,7-8H2,1H3,(H,15,16). The van der Waals surface area contributed by atoms with E-state index < -0.39 is 0 Å². The molecule has 1 aliphatic heterocycles. The molecule has 1 aliphatic carbocycles. The first-order valence-electron chi connectivity index (χ1n) is 6.42. The van der Waals surface area contributed by atoms with Gasteiger partial charge in [-0.1, -0.05) is 19.3 Å². The third-order valence-corrected chi connectivity index (χ3v) is 5.38. The highest BCUT2D eigenvalue weighted by atomic mass is 32.2. The Balaban J connectivity index is 1.94. The SMILES string of the molecule is COc1ccc2c(c1)NC(=O)C1(CCCCC1)S2. The van der Waals surface area contributed by atoms with Crippen LogP contribution in [0.5, 0.6) is 5.75 Å². The minimum absolute atomic E-state index is 0.174. The van der Waals surface area contributed by atoms with Gasteiger partial charge in [0.25, 0.3) is 0 Å². The minimum Gasteiger partial charge on any atom is -0.497 e. The number of methoxy groups -OCH3 is 1. The summed E-state index contributed by atoms with van der Waals surface area (Å²) in [6.45, 7) is 0. The maximum absolute atomic E-state index is 12.4. The molecule has 0 saturated heterocycles. The van der Waals surface area contributed by atoms with Crippen LogP contribution in [0.1, 0.15) is 32.1 Å². The van der Waals surface area contributed by atoms with Crippen LogP contribution in [0.4, 0.5) is 5.69 Å². The summed E-state index contributed by atoms with van der Waals surface area (Å²) in [5.74, 6) is 0.960. The van der Waals surface area contributed by atoms with Gasteiger partial charge in [-0.05, 0) is 25.0 Å². The van der Waals surface area contributed by atoms with Gasteiger partial charge in [-0.3, -0.25) is 4.79 Å². The van der Waals surface area contributed by atoms with Crippen molar-refractivity contribution in [3.8, 4) is 5.75 Å². The maximum atomic E-state index is 12.4. The summed E-state index contributed by atoms with van der Waals surface area (Å²) in [6, 6.07) is 5.91. The molecule has 2 aliphatic rings. The van der Waals surface area contributed by atoms with Crippen LogP contribution in [0.15, 0.2) is 23.1 Å². The highest BCUT2D eigenvalue weighted by Crippen LogP contribution is 2.50. The molecule has 1 N–H and O–H groups in total. The zero-order valence-electron chi connectivity index (χ0n) is 10.5. The van der Waals surface area contributed by atoms with E-state index in [9.17, 15) is 4.79 Å². The number of carbonyl (C=O) groups excluding carboxylic acids is 1. The van der Waals surface area contributed by atoms with E-state index in [1.807, 2.05) is 12.1 Å². The zero-order chi connectivity index (χ0) is 12.6. The average molecular weight is 263 g/mol. The lowest BCUT2D eigenvalue weighted by Gasteiger charge is -2.38. The number of thioether (sulfide) groups is 1. The van der Waals surface area contributed by atoms with Crippen molar-refractivity contribution in [3.05, 3.63) is 18.2 Å². The van der Waals surface area contributed by atoms with Gasteiger partial charge in [0.05, 0.1) is 17.5 Å². The number of benzene rings is 1. The lowest BCUT2D eigenvalue weighted by Crippen LogP contribution is -2.43. The second kappa shape index (κ2) is 4.50. The Kier molecular flexibility index (Phi) is 2.98. The van der Waals surface area contributed by atoms with Crippen LogP contribution in [0.3, 0.4) is 0 Å². The monoisotopic (exact) mass is 263 g/mol. The van der Waals surface area contributed by atoms with Gasteiger partial charge in [0.2, 0.25) is 5.91 Å². The summed E-state index contributed by atoms with van der Waals surface area (Å²) >= 11 is 1.74. The van der Waals surface area contributed by atoms with Crippen molar-refractivity contribution < 1.29 is 9.53 Å². The van der Waals surface area contributed by atoms with E-state index >= 15 is 0 Å². The Morgan fingerprint density at radius 3 is 2.78 bits per heavy atom. The normalized spacial score (nSPS) is 21.3. The molecule has 0 atom stereocenters. The number of rotatable bonds is 1. The maximum Gasteiger partial charge on any atom is 0.241 e. The number of fused-ring (bicyclic) bond motifs is 1. The Morgan fingerprint density at radius 2 is 2.06 bits per heavy atom. The molecule has 1 spiro atoms. The van der Waals surface area contributed by atoms with E-state index in [0.29, 0.717) is 0 Å². The van der Waals surface area contributed by atoms with Crippen LogP contribution >= 0.6 is 11.8 Å². The van der Waals surface area contributed by atoms with Crippen LogP contribution in [0.25, 0.3) is 0 Å². The van der Waals surface area contributed by atoms with Crippen LogP contribution in [0.2, 0.25) is 0 Å². The average Bonchev–Trinajstić information content (AvgIpc) is 2.41. The molecule has 96 valence electrons. The van der Waals surface area contributed by atoms with Crippen molar-refractivity contribution in [1.82, 2.24) is 0 Å². The second-order valence-electron chi connectivity index (χ2n) is 4.97. The molecule has 3 rings (SSSR count). The van der Waals surface area contributed by atoms with Crippen molar-refractivity contribution in [3.63, 3.8) is 0 Å². The molecule has 1 aromatic rings. The van der Waals surface area contributed by atoms with E-state index in [2.05, 4.69) is 11.4 Å². The van der Waals surface area contributed by atoms with Crippen LogP contribution in [-0.4, -0.2) is 17.8 Å². The van der Waals surface area contributed by atoms with E-state index in [4.69, 9.17) is 4.74 Å². The molecule has 18 heavy (non-hydrogen) atoms. The van der Waals surface area contributed by atoms with Crippen LogP contribution in [0, 0.1) is 0 Å². The van der Waals surface area contributed by atoms with Crippen molar-refractivity contribution in [1.29, 1.82) is 0 Å². The van der Waals surface area contributed by atoms with Gasteiger partial charge in [0.15, 0.2) is 0 Å². The van der Waals surface area contributed by atoms with Crippen molar-refractivity contribution in [2.24, 2.45) is 0 Å². The number of amides is 1. The number of nitrogens with one attached hydrogen (secondary N) is 1. The molecule has 4 heteroatoms. The van der Waals surface area contributed by atoms with E-state index in [-0.39, 0.29) is 10.7 Å². The minimum atomic E-state index is -0.222. The van der Waals surface area contributed by atoms with Gasteiger partial charge in [0, 0.05) is 11.0 Å². The Hall–Kier alpha value is -1.16. The highest BCUT2D eigenvalue weighted by Gasteiger charge is 2.43. The first kappa shape index (κ1) is 11.9. The number of hydrogen-bond donors (Lipinski definition) is 1. The van der Waals surface area contributed by atoms with Gasteiger partial charge in [-0.15, -0.1) is 11.8 Å². The first-order valence-corrected chi connectivity index (χ1v) is 7.24. The van der Waals surface area contributed by atoms with E-state index in [1.165, 1.54) is 6.42 Å². The number of ether oxygens (including phenoxy) is 1. The predicted molar refractivity (Wildman–Crippen MR) is 73.3 cm³/mol. The van der Waals surface area contributed by atoms with E-state index in [0.717, 1.165) is 42.0 Å². The summed E-state index contributed by atoms with van der Waals surface area (Å²) in [6.07, 6.45) is 5.56. The Morgan fingerprint density at radius 1 is 1.28 bits per heavy atom. The number of carbonyl (C=O) groups is 1. The Bertz CT molecular complexity index is 481. The van der Waals surface area contributed by atoms with Gasteiger partial charge >= 0.3 is 0 Å². The summed E-state index contributed by atoms with van der Waals surface area (Å²) < 4.78 is 4.97. The Labute approximate surface area is 111 Å². The molecule has 1 heterocycles. The third kappa shape index (κ3) is 1.88. The number of anilines is 1. The first-order chi connectivity index (χ1) is 8.73. The zero-order valence-corrected chi connectivity index (χ0v) is 11.3. The molecule has 1 saturated carbocycles. The smallest absolute Gasteiger partial charge is 0.241 e. The fourth-order valence-electron chi connectivity index (χ4n) is 2.77. The lowest BCUT2D eigenvalue weighted by atomic mass is 9.87. The molecule has 3 nitrogen and oxygen atoms in total. The van der Waals surface area contributed by atoms with Gasteiger partial charge in [-0.2, -0.15) is 0 Å². The van der Waals surface area contributed by atoms with Gasteiger partial charge in [-0.25, -0.2) is 0 Å². The molecular weight excluding hydrogens is 246 g/mol. The molecule has 0 bridgehead atoms. The van der Waals surface area contributed by atoms with Crippen LogP contribution in [-0.2, 0) is 4.79 Å². The summed E-state index contributed by atoms with van der Waals surface area (Å²) in [4.78, 5) is 13.5. The molecule has 0 unspecified atom stereocenters. The second-order valence-corrected chi connectivity index (χ2v) is 6.40.